The van der Waals surface area contributed by atoms with Crippen LogP contribution in [-0.2, 0) is 19.7 Å². The Labute approximate surface area is 124 Å². The number of ether oxygens (including phenoxy) is 3. The molecule has 0 aromatic heterocycles. The summed E-state index contributed by atoms with van der Waals surface area (Å²) in [5, 5.41) is 0. The Kier molecular flexibility index (Phi) is 4.50. The average molecular weight is 292 g/mol. The van der Waals surface area contributed by atoms with Crippen LogP contribution in [0.15, 0.2) is 18.2 Å². The van der Waals surface area contributed by atoms with Crippen LogP contribution in [0.3, 0.4) is 0 Å². The van der Waals surface area contributed by atoms with Crippen LogP contribution in [0.4, 0.5) is 0 Å². The first-order valence-corrected chi connectivity index (χ1v) is 6.90. The number of rotatable bonds is 4. The Morgan fingerprint density at radius 3 is 2.19 bits per heavy atom. The van der Waals surface area contributed by atoms with E-state index in [0.717, 1.165) is 5.56 Å². The standard InChI is InChI=1S/C16H20O5/c1-19-13-5-4-11(10-14(13)20-2)16(15(18)21-3)8-6-12(17)7-9-16/h4-5,10H,6-9H2,1-3H3. The van der Waals surface area contributed by atoms with Crippen LogP contribution in [0.25, 0.3) is 0 Å². The van der Waals surface area contributed by atoms with E-state index >= 15 is 0 Å². The summed E-state index contributed by atoms with van der Waals surface area (Å²) < 4.78 is 15.5. The van der Waals surface area contributed by atoms with Crippen LogP contribution >= 0.6 is 0 Å². The van der Waals surface area contributed by atoms with Gasteiger partial charge in [-0.2, -0.15) is 0 Å². The van der Waals surface area contributed by atoms with Crippen molar-refractivity contribution in [2.75, 3.05) is 21.3 Å². The van der Waals surface area contributed by atoms with Gasteiger partial charge in [0, 0.05) is 12.8 Å². The molecule has 0 aliphatic heterocycles. The Morgan fingerprint density at radius 1 is 1.05 bits per heavy atom. The molecule has 0 atom stereocenters. The molecule has 0 spiro atoms. The van der Waals surface area contributed by atoms with Gasteiger partial charge >= 0.3 is 5.97 Å². The third-order valence-corrected chi connectivity index (χ3v) is 4.17. The molecular formula is C16H20O5. The Balaban J connectivity index is 2.47. The number of esters is 1. The number of Topliss-reactive ketones (excluding diaryl/α,β-unsaturated/α-hetero) is 1. The summed E-state index contributed by atoms with van der Waals surface area (Å²) in [4.78, 5) is 23.9. The lowest BCUT2D eigenvalue weighted by molar-refractivity contribution is -0.149. The summed E-state index contributed by atoms with van der Waals surface area (Å²) in [6, 6.07) is 5.41. The molecule has 1 aromatic carbocycles. The number of hydrogen-bond donors (Lipinski definition) is 0. The zero-order valence-corrected chi connectivity index (χ0v) is 12.6. The van der Waals surface area contributed by atoms with Crippen molar-refractivity contribution < 1.29 is 23.8 Å². The van der Waals surface area contributed by atoms with Gasteiger partial charge in [-0.3, -0.25) is 9.59 Å². The van der Waals surface area contributed by atoms with Gasteiger partial charge in [0.2, 0.25) is 0 Å². The molecule has 0 saturated heterocycles. The van der Waals surface area contributed by atoms with Gasteiger partial charge < -0.3 is 14.2 Å². The molecule has 1 saturated carbocycles. The molecule has 0 heterocycles. The van der Waals surface area contributed by atoms with Crippen LogP contribution in [0.2, 0.25) is 0 Å². The van der Waals surface area contributed by atoms with Crippen LogP contribution in [0.1, 0.15) is 31.2 Å². The number of carbonyl (C=O) groups is 2. The smallest absolute Gasteiger partial charge is 0.316 e. The van der Waals surface area contributed by atoms with Crippen molar-refractivity contribution in [1.82, 2.24) is 0 Å². The Bertz CT molecular complexity index is 540. The summed E-state index contributed by atoms with van der Waals surface area (Å²) in [6.45, 7) is 0. The number of hydrogen-bond acceptors (Lipinski definition) is 5. The minimum atomic E-state index is -0.776. The molecule has 5 heteroatoms. The molecule has 1 aromatic rings. The van der Waals surface area contributed by atoms with Gasteiger partial charge in [0.25, 0.3) is 0 Å². The summed E-state index contributed by atoms with van der Waals surface area (Å²) in [5.41, 5.74) is 0.0295. The van der Waals surface area contributed by atoms with E-state index in [1.807, 2.05) is 6.07 Å². The number of benzene rings is 1. The van der Waals surface area contributed by atoms with Crippen molar-refractivity contribution in [1.29, 1.82) is 0 Å². The molecule has 0 radical (unpaired) electrons. The number of ketones is 1. The molecule has 1 aliphatic carbocycles. The summed E-state index contributed by atoms with van der Waals surface area (Å²) in [7, 11) is 4.49. The van der Waals surface area contributed by atoms with Gasteiger partial charge in [-0.1, -0.05) is 6.07 Å². The van der Waals surface area contributed by atoms with Crippen molar-refractivity contribution in [2.45, 2.75) is 31.1 Å². The molecule has 0 N–H and O–H groups in total. The highest BCUT2D eigenvalue weighted by Crippen LogP contribution is 2.42. The maximum Gasteiger partial charge on any atom is 0.316 e. The minimum absolute atomic E-state index is 0.190. The van der Waals surface area contributed by atoms with Gasteiger partial charge in [0.1, 0.15) is 5.78 Å². The second-order valence-electron chi connectivity index (χ2n) is 5.18. The SMILES string of the molecule is COC(=O)C1(c2ccc(OC)c(OC)c2)CCC(=O)CC1. The first-order chi connectivity index (χ1) is 10.1. The van der Waals surface area contributed by atoms with Crippen molar-refractivity contribution in [2.24, 2.45) is 0 Å². The highest BCUT2D eigenvalue weighted by Gasteiger charge is 2.44. The summed E-state index contributed by atoms with van der Waals surface area (Å²) >= 11 is 0. The van der Waals surface area contributed by atoms with Crippen molar-refractivity contribution in [3.05, 3.63) is 23.8 Å². The highest BCUT2D eigenvalue weighted by atomic mass is 16.5. The fourth-order valence-corrected chi connectivity index (χ4v) is 2.90. The van der Waals surface area contributed by atoms with E-state index in [1.165, 1.54) is 7.11 Å². The van der Waals surface area contributed by atoms with E-state index in [4.69, 9.17) is 14.2 Å². The zero-order valence-electron chi connectivity index (χ0n) is 12.6. The zero-order chi connectivity index (χ0) is 15.5. The van der Waals surface area contributed by atoms with E-state index in [9.17, 15) is 9.59 Å². The molecule has 1 aliphatic rings. The maximum atomic E-state index is 12.3. The molecule has 0 bridgehead atoms. The van der Waals surface area contributed by atoms with E-state index in [0.29, 0.717) is 37.2 Å². The predicted molar refractivity (Wildman–Crippen MR) is 76.7 cm³/mol. The second kappa shape index (κ2) is 6.16. The lowest BCUT2D eigenvalue weighted by Gasteiger charge is -2.34. The van der Waals surface area contributed by atoms with E-state index in [-0.39, 0.29) is 11.8 Å². The first-order valence-electron chi connectivity index (χ1n) is 6.90. The van der Waals surface area contributed by atoms with E-state index in [2.05, 4.69) is 0 Å². The van der Waals surface area contributed by atoms with Gasteiger partial charge in [-0.15, -0.1) is 0 Å². The number of carbonyl (C=O) groups excluding carboxylic acids is 2. The predicted octanol–water partition coefficient (Wildman–Crippen LogP) is 2.26. The molecule has 2 rings (SSSR count). The van der Waals surface area contributed by atoms with Gasteiger partial charge in [0.05, 0.1) is 26.7 Å². The van der Waals surface area contributed by atoms with Crippen molar-refractivity contribution >= 4 is 11.8 Å². The fraction of sp³-hybridized carbons (Fsp3) is 0.500. The summed E-state index contributed by atoms with van der Waals surface area (Å²) in [5.74, 6) is 1.06. The molecule has 21 heavy (non-hydrogen) atoms. The largest absolute Gasteiger partial charge is 0.493 e. The van der Waals surface area contributed by atoms with Gasteiger partial charge in [-0.05, 0) is 30.5 Å². The molecule has 0 amide bonds. The topological polar surface area (TPSA) is 61.8 Å². The molecule has 5 nitrogen and oxygen atoms in total. The van der Waals surface area contributed by atoms with Crippen LogP contribution in [-0.4, -0.2) is 33.1 Å². The molecular weight excluding hydrogens is 272 g/mol. The third-order valence-electron chi connectivity index (χ3n) is 4.17. The lowest BCUT2D eigenvalue weighted by atomic mass is 9.69. The van der Waals surface area contributed by atoms with E-state index in [1.54, 1.807) is 26.4 Å². The van der Waals surface area contributed by atoms with Crippen LogP contribution in [0.5, 0.6) is 11.5 Å². The maximum absolute atomic E-state index is 12.3. The monoisotopic (exact) mass is 292 g/mol. The highest BCUT2D eigenvalue weighted by molar-refractivity contribution is 5.88. The lowest BCUT2D eigenvalue weighted by Crippen LogP contribution is -2.40. The molecule has 0 unspecified atom stereocenters. The van der Waals surface area contributed by atoms with Gasteiger partial charge in [0.15, 0.2) is 11.5 Å². The number of methoxy groups -OCH3 is 3. The quantitative estimate of drug-likeness (QED) is 0.797. The minimum Gasteiger partial charge on any atom is -0.493 e. The average Bonchev–Trinajstić information content (AvgIpc) is 2.54. The van der Waals surface area contributed by atoms with Crippen LogP contribution < -0.4 is 9.47 Å². The fourth-order valence-electron chi connectivity index (χ4n) is 2.90. The van der Waals surface area contributed by atoms with Crippen molar-refractivity contribution in [3.63, 3.8) is 0 Å². The Morgan fingerprint density at radius 2 is 1.67 bits per heavy atom. The normalized spacial score (nSPS) is 17.2. The first kappa shape index (κ1) is 15.4. The van der Waals surface area contributed by atoms with Crippen LogP contribution in [0, 0.1) is 0 Å². The van der Waals surface area contributed by atoms with Gasteiger partial charge in [-0.25, -0.2) is 0 Å². The molecule has 114 valence electrons. The van der Waals surface area contributed by atoms with Crippen molar-refractivity contribution in [3.8, 4) is 11.5 Å². The second-order valence-corrected chi connectivity index (χ2v) is 5.18. The Hall–Kier alpha value is -2.04. The molecule has 1 fully saturated rings. The third kappa shape index (κ3) is 2.73. The summed E-state index contributed by atoms with van der Waals surface area (Å²) in [6.07, 6.45) is 1.72. The van der Waals surface area contributed by atoms with E-state index < -0.39 is 5.41 Å².